The van der Waals surface area contributed by atoms with E-state index in [0.717, 1.165) is 16.8 Å². The lowest BCUT2D eigenvalue weighted by atomic mass is 10.1. The highest BCUT2D eigenvalue weighted by molar-refractivity contribution is 7.80. The molecule has 0 radical (unpaired) electrons. The lowest BCUT2D eigenvalue weighted by Gasteiger charge is -2.29. The van der Waals surface area contributed by atoms with Gasteiger partial charge in [-0.1, -0.05) is 24.3 Å². The number of nitrogens with zero attached hydrogens (tertiary/aromatic N) is 2. The molecule has 31 heavy (non-hydrogen) atoms. The van der Waals surface area contributed by atoms with Gasteiger partial charge < -0.3 is 9.30 Å². The zero-order valence-corrected chi connectivity index (χ0v) is 18.2. The average Bonchev–Trinajstić information content (AvgIpc) is 3.21. The number of amides is 2. The van der Waals surface area contributed by atoms with Gasteiger partial charge in [0.15, 0.2) is 5.11 Å². The van der Waals surface area contributed by atoms with Gasteiger partial charge in [0.05, 0.1) is 12.8 Å². The molecule has 1 aromatic heterocycles. The van der Waals surface area contributed by atoms with Crippen LogP contribution in [0.5, 0.6) is 5.75 Å². The Morgan fingerprint density at radius 2 is 1.71 bits per heavy atom. The topological polar surface area (TPSA) is 63.6 Å². The molecule has 4 rings (SSSR count). The second kappa shape index (κ2) is 8.20. The number of aromatic nitrogens is 1. The maximum atomic E-state index is 13.4. The second-order valence-corrected chi connectivity index (χ2v) is 7.54. The maximum absolute atomic E-state index is 13.4. The summed E-state index contributed by atoms with van der Waals surface area (Å²) in [7, 11) is 1.52. The molecule has 1 fully saturated rings. The highest BCUT2D eigenvalue weighted by Crippen LogP contribution is 2.31. The van der Waals surface area contributed by atoms with Crippen LogP contribution in [0.1, 0.15) is 16.8 Å². The van der Waals surface area contributed by atoms with Crippen molar-refractivity contribution in [2.45, 2.75) is 13.8 Å². The van der Waals surface area contributed by atoms with Crippen molar-refractivity contribution in [2.24, 2.45) is 0 Å². The first-order valence-electron chi connectivity index (χ1n) is 9.71. The third-order valence-corrected chi connectivity index (χ3v) is 5.62. The van der Waals surface area contributed by atoms with Gasteiger partial charge in [-0.3, -0.25) is 14.9 Å². The van der Waals surface area contributed by atoms with Gasteiger partial charge >= 0.3 is 0 Å². The Bertz CT molecular complexity index is 1240. The number of benzene rings is 2. The van der Waals surface area contributed by atoms with Crippen LogP contribution in [-0.2, 0) is 9.59 Å². The maximum Gasteiger partial charge on any atom is 0.270 e. The number of carbonyl (C=O) groups is 2. The average molecular weight is 432 g/mol. The Morgan fingerprint density at radius 1 is 0.968 bits per heavy atom. The molecule has 1 saturated heterocycles. The van der Waals surface area contributed by atoms with Gasteiger partial charge in [-0.05, 0) is 73.6 Å². The van der Waals surface area contributed by atoms with Crippen molar-refractivity contribution >= 4 is 40.9 Å². The van der Waals surface area contributed by atoms with Gasteiger partial charge in [-0.25, -0.2) is 4.90 Å². The van der Waals surface area contributed by atoms with E-state index in [4.69, 9.17) is 17.0 Å². The van der Waals surface area contributed by atoms with Gasteiger partial charge in [0.2, 0.25) is 0 Å². The molecule has 0 spiro atoms. The number of carbonyl (C=O) groups excluding carboxylic acids is 2. The van der Waals surface area contributed by atoms with Crippen molar-refractivity contribution in [1.29, 1.82) is 0 Å². The van der Waals surface area contributed by atoms with Crippen molar-refractivity contribution in [2.75, 3.05) is 12.0 Å². The normalized spacial score (nSPS) is 15.4. The quantitative estimate of drug-likeness (QED) is 0.386. The van der Waals surface area contributed by atoms with Crippen molar-refractivity contribution in [3.63, 3.8) is 0 Å². The van der Waals surface area contributed by atoms with Crippen LogP contribution in [-0.4, -0.2) is 28.6 Å². The summed E-state index contributed by atoms with van der Waals surface area (Å²) in [6, 6.07) is 16.8. The summed E-state index contributed by atoms with van der Waals surface area (Å²) in [5.41, 5.74) is 4.43. The minimum atomic E-state index is -0.533. The molecule has 2 aromatic carbocycles. The number of nitrogens with one attached hydrogen (secondary N) is 1. The van der Waals surface area contributed by atoms with Gasteiger partial charge in [0.1, 0.15) is 11.3 Å². The van der Waals surface area contributed by atoms with E-state index in [-0.39, 0.29) is 10.7 Å². The lowest BCUT2D eigenvalue weighted by molar-refractivity contribution is -0.122. The number of aryl methyl sites for hydroxylation is 1. The third kappa shape index (κ3) is 3.64. The minimum Gasteiger partial charge on any atom is -0.495 e. The van der Waals surface area contributed by atoms with Gasteiger partial charge in [-0.15, -0.1) is 0 Å². The summed E-state index contributed by atoms with van der Waals surface area (Å²) in [5, 5.41) is 2.63. The summed E-state index contributed by atoms with van der Waals surface area (Å²) in [5.74, 6) is -0.561. The number of anilines is 1. The van der Waals surface area contributed by atoms with Gasteiger partial charge in [0.25, 0.3) is 11.8 Å². The van der Waals surface area contributed by atoms with Crippen molar-refractivity contribution < 1.29 is 14.3 Å². The first-order valence-corrected chi connectivity index (χ1v) is 10.1. The number of ether oxygens (including phenoxy) is 1. The summed E-state index contributed by atoms with van der Waals surface area (Å²) in [6.45, 7) is 4.09. The Kier molecular flexibility index (Phi) is 5.44. The molecule has 0 unspecified atom stereocenters. The number of thiocarbonyl (C=S) groups is 1. The third-order valence-electron chi connectivity index (χ3n) is 5.34. The fourth-order valence-corrected chi connectivity index (χ4v) is 3.84. The Balaban J connectivity index is 1.79. The summed E-state index contributed by atoms with van der Waals surface area (Å²) >= 11 is 5.29. The van der Waals surface area contributed by atoms with E-state index in [1.807, 2.05) is 54.9 Å². The monoisotopic (exact) mass is 431 g/mol. The van der Waals surface area contributed by atoms with E-state index in [2.05, 4.69) is 5.32 Å². The Hall–Kier alpha value is -3.71. The van der Waals surface area contributed by atoms with Crippen molar-refractivity contribution in [3.8, 4) is 11.4 Å². The van der Waals surface area contributed by atoms with Crippen LogP contribution < -0.4 is 15.0 Å². The minimum absolute atomic E-state index is 0.00948. The Labute approximate surface area is 185 Å². The molecule has 3 aromatic rings. The highest BCUT2D eigenvalue weighted by Gasteiger charge is 2.36. The smallest absolute Gasteiger partial charge is 0.270 e. The fraction of sp³-hybridized carbons (Fsp3) is 0.125. The Morgan fingerprint density at radius 3 is 2.48 bits per heavy atom. The van der Waals surface area contributed by atoms with E-state index in [9.17, 15) is 9.59 Å². The molecule has 1 N–H and O–H groups in total. The van der Waals surface area contributed by atoms with Crippen LogP contribution >= 0.6 is 12.2 Å². The second-order valence-electron chi connectivity index (χ2n) is 7.15. The summed E-state index contributed by atoms with van der Waals surface area (Å²) in [6.07, 6.45) is 3.49. The predicted octanol–water partition coefficient (Wildman–Crippen LogP) is 3.93. The summed E-state index contributed by atoms with van der Waals surface area (Å²) < 4.78 is 7.33. The van der Waals surface area contributed by atoms with Crippen LogP contribution in [0.25, 0.3) is 11.8 Å². The first kappa shape index (κ1) is 20.6. The predicted molar refractivity (Wildman–Crippen MR) is 124 cm³/mol. The van der Waals surface area contributed by atoms with Crippen LogP contribution in [0, 0.1) is 13.8 Å². The highest BCUT2D eigenvalue weighted by atomic mass is 32.1. The van der Waals surface area contributed by atoms with Crippen LogP contribution in [0.3, 0.4) is 0 Å². The number of hydrogen-bond donors (Lipinski definition) is 1. The van der Waals surface area contributed by atoms with Crippen LogP contribution in [0.4, 0.5) is 5.69 Å². The molecule has 0 atom stereocenters. The molecule has 0 aliphatic carbocycles. The molecule has 2 heterocycles. The molecular weight excluding hydrogens is 410 g/mol. The largest absolute Gasteiger partial charge is 0.495 e. The number of hydrogen-bond acceptors (Lipinski definition) is 4. The fourth-order valence-electron chi connectivity index (χ4n) is 3.57. The first-order chi connectivity index (χ1) is 14.9. The van der Waals surface area contributed by atoms with E-state index < -0.39 is 11.8 Å². The van der Waals surface area contributed by atoms with Crippen molar-refractivity contribution in [3.05, 3.63) is 83.2 Å². The number of rotatable bonds is 4. The molecule has 156 valence electrons. The van der Waals surface area contributed by atoms with Gasteiger partial charge in [0, 0.05) is 17.6 Å². The molecule has 7 heteroatoms. The molecule has 0 saturated carbocycles. The molecule has 0 bridgehead atoms. The summed E-state index contributed by atoms with van der Waals surface area (Å²) in [4.78, 5) is 27.3. The standard InChI is InChI=1S/C24H21N3O3S/c1-15-8-6-11-19(16(15)2)26-13-7-9-17(26)14-18-22(28)25-24(31)27(23(18)29)20-10-4-5-12-21(20)30-3/h4-14H,1-3H3,(H,25,28,31)/b18-14+. The van der Waals surface area contributed by atoms with E-state index >= 15 is 0 Å². The zero-order chi connectivity index (χ0) is 22.1. The molecule has 2 amide bonds. The van der Waals surface area contributed by atoms with E-state index in [1.165, 1.54) is 12.0 Å². The van der Waals surface area contributed by atoms with Crippen molar-refractivity contribution in [1.82, 2.24) is 9.88 Å². The van der Waals surface area contributed by atoms with Crippen LogP contribution in [0.2, 0.25) is 0 Å². The number of para-hydroxylation sites is 2. The van der Waals surface area contributed by atoms with Gasteiger partial charge in [-0.2, -0.15) is 0 Å². The lowest BCUT2D eigenvalue weighted by Crippen LogP contribution is -2.54. The molecular formula is C24H21N3O3S. The SMILES string of the molecule is COc1ccccc1N1C(=O)/C(=C/c2cccn2-c2cccc(C)c2C)C(=O)NC1=S. The van der Waals surface area contributed by atoms with Crippen LogP contribution in [0.15, 0.2) is 66.4 Å². The van der Waals surface area contributed by atoms with E-state index in [0.29, 0.717) is 17.1 Å². The zero-order valence-electron chi connectivity index (χ0n) is 17.4. The van der Waals surface area contributed by atoms with E-state index in [1.54, 1.807) is 30.3 Å². The number of methoxy groups -OCH3 is 1. The molecule has 1 aliphatic rings. The molecule has 1 aliphatic heterocycles. The molecule has 6 nitrogen and oxygen atoms in total.